The predicted octanol–water partition coefficient (Wildman–Crippen LogP) is -1.08. The smallest absolute Gasteiger partial charge is 0.229 e. The van der Waals surface area contributed by atoms with Crippen LogP contribution in [-0.4, -0.2) is 53.0 Å². The summed E-state index contributed by atoms with van der Waals surface area (Å²) in [7, 11) is 1.48. The molecule has 3 unspecified atom stereocenters. The van der Waals surface area contributed by atoms with Gasteiger partial charge in [-0.2, -0.15) is 0 Å². The molecule has 0 amide bonds. The fraction of sp³-hybridized carbons (Fsp3) is 0.700. The van der Waals surface area contributed by atoms with Crippen molar-refractivity contribution >= 4 is 5.84 Å². The molecule has 7 nitrogen and oxygen atoms in total. The molecule has 0 saturated carbocycles. The zero-order valence-electron chi connectivity index (χ0n) is 9.61. The van der Waals surface area contributed by atoms with Gasteiger partial charge in [0, 0.05) is 19.7 Å². The van der Waals surface area contributed by atoms with Crippen LogP contribution in [0.4, 0.5) is 0 Å². The fourth-order valence-corrected chi connectivity index (χ4v) is 1.98. The van der Waals surface area contributed by atoms with E-state index >= 15 is 0 Å². The maximum Gasteiger partial charge on any atom is 0.229 e. The van der Waals surface area contributed by atoms with E-state index in [1.54, 1.807) is 12.3 Å². The lowest BCUT2D eigenvalue weighted by Gasteiger charge is -2.33. The SMILES string of the molecule is COC1(CO)CCC(N2C=CC(N)=NC2O)O1. The number of aliphatic imine (C=N–C) groups is 1. The minimum Gasteiger partial charge on any atom is -0.391 e. The summed E-state index contributed by atoms with van der Waals surface area (Å²) in [6, 6.07) is 0. The van der Waals surface area contributed by atoms with E-state index in [-0.39, 0.29) is 18.7 Å². The Hall–Kier alpha value is -1.15. The van der Waals surface area contributed by atoms with Gasteiger partial charge < -0.3 is 30.3 Å². The molecule has 17 heavy (non-hydrogen) atoms. The van der Waals surface area contributed by atoms with Gasteiger partial charge in [-0.05, 0) is 12.5 Å². The molecule has 0 aromatic carbocycles. The summed E-state index contributed by atoms with van der Waals surface area (Å²) in [6.07, 6.45) is 2.95. The fourth-order valence-electron chi connectivity index (χ4n) is 1.98. The van der Waals surface area contributed by atoms with Crippen molar-refractivity contribution in [2.45, 2.75) is 31.2 Å². The van der Waals surface area contributed by atoms with Crippen molar-refractivity contribution in [2.75, 3.05) is 13.7 Å². The van der Waals surface area contributed by atoms with Crippen LogP contribution in [0.3, 0.4) is 0 Å². The highest BCUT2D eigenvalue weighted by Crippen LogP contribution is 2.33. The summed E-state index contributed by atoms with van der Waals surface area (Å²) in [4.78, 5) is 5.35. The molecule has 2 rings (SSSR count). The number of aliphatic hydroxyl groups excluding tert-OH is 2. The maximum absolute atomic E-state index is 9.74. The van der Waals surface area contributed by atoms with E-state index in [9.17, 15) is 10.2 Å². The molecular weight excluding hydrogens is 226 g/mol. The monoisotopic (exact) mass is 243 g/mol. The molecule has 2 heterocycles. The van der Waals surface area contributed by atoms with Crippen molar-refractivity contribution < 1.29 is 19.7 Å². The zero-order valence-corrected chi connectivity index (χ0v) is 9.61. The van der Waals surface area contributed by atoms with Crippen LogP contribution in [0.2, 0.25) is 0 Å². The van der Waals surface area contributed by atoms with Gasteiger partial charge in [-0.25, -0.2) is 4.99 Å². The van der Waals surface area contributed by atoms with Crippen molar-refractivity contribution in [1.29, 1.82) is 0 Å². The van der Waals surface area contributed by atoms with E-state index in [1.807, 2.05) is 0 Å². The van der Waals surface area contributed by atoms with Crippen LogP contribution in [-0.2, 0) is 9.47 Å². The number of amidine groups is 1. The van der Waals surface area contributed by atoms with Gasteiger partial charge in [-0.15, -0.1) is 0 Å². The highest BCUT2D eigenvalue weighted by atomic mass is 16.7. The average Bonchev–Trinajstić information content (AvgIpc) is 2.74. The standard InChI is InChI=1S/C10H17N3O4/c1-16-10(6-14)4-2-8(17-10)13-5-3-7(11)12-9(13)15/h3,5,8-9,14-15H,2,4,6H2,1H3,(H2,11,12). The molecule has 0 bridgehead atoms. The Kier molecular flexibility index (Phi) is 3.34. The van der Waals surface area contributed by atoms with Crippen LogP contribution >= 0.6 is 0 Å². The van der Waals surface area contributed by atoms with Gasteiger partial charge in [0.2, 0.25) is 6.35 Å². The molecule has 2 aliphatic heterocycles. The number of nitrogens with two attached hydrogens (primary N) is 1. The zero-order chi connectivity index (χ0) is 12.5. The molecule has 0 spiro atoms. The summed E-state index contributed by atoms with van der Waals surface area (Å²) in [5, 5.41) is 19.0. The number of aliphatic hydroxyl groups is 2. The molecule has 1 fully saturated rings. The van der Waals surface area contributed by atoms with Gasteiger partial charge >= 0.3 is 0 Å². The van der Waals surface area contributed by atoms with Crippen molar-refractivity contribution in [3.05, 3.63) is 12.3 Å². The van der Waals surface area contributed by atoms with Crippen LogP contribution in [0.25, 0.3) is 0 Å². The van der Waals surface area contributed by atoms with E-state index in [0.717, 1.165) is 0 Å². The number of ether oxygens (including phenoxy) is 2. The number of nitrogens with zero attached hydrogens (tertiary/aromatic N) is 2. The summed E-state index contributed by atoms with van der Waals surface area (Å²) >= 11 is 0. The Morgan fingerprint density at radius 3 is 3.06 bits per heavy atom. The van der Waals surface area contributed by atoms with Crippen LogP contribution in [0.1, 0.15) is 12.8 Å². The van der Waals surface area contributed by atoms with Gasteiger partial charge in [0.05, 0.1) is 6.61 Å². The molecule has 1 saturated heterocycles. The Balaban J connectivity index is 2.04. The summed E-state index contributed by atoms with van der Waals surface area (Å²) in [5.74, 6) is -0.711. The van der Waals surface area contributed by atoms with Crippen molar-refractivity contribution in [3.8, 4) is 0 Å². The first-order chi connectivity index (χ1) is 8.10. The highest BCUT2D eigenvalue weighted by Gasteiger charge is 2.43. The molecule has 96 valence electrons. The molecule has 0 aliphatic carbocycles. The molecule has 0 aromatic rings. The van der Waals surface area contributed by atoms with E-state index < -0.39 is 12.1 Å². The Bertz CT molecular complexity index is 340. The minimum absolute atomic E-state index is 0.223. The van der Waals surface area contributed by atoms with Crippen LogP contribution in [0.5, 0.6) is 0 Å². The average molecular weight is 243 g/mol. The van der Waals surface area contributed by atoms with Gasteiger partial charge in [0.1, 0.15) is 12.1 Å². The lowest BCUT2D eigenvalue weighted by atomic mass is 10.2. The van der Waals surface area contributed by atoms with E-state index in [4.69, 9.17) is 15.2 Å². The Morgan fingerprint density at radius 2 is 2.53 bits per heavy atom. The molecule has 3 atom stereocenters. The number of hydrogen-bond acceptors (Lipinski definition) is 7. The Morgan fingerprint density at radius 1 is 1.76 bits per heavy atom. The third-order valence-electron chi connectivity index (χ3n) is 3.02. The van der Waals surface area contributed by atoms with Crippen molar-refractivity contribution in [3.63, 3.8) is 0 Å². The normalized spacial score (nSPS) is 37.4. The van der Waals surface area contributed by atoms with E-state index in [2.05, 4.69) is 4.99 Å². The third kappa shape index (κ3) is 2.27. The molecule has 0 radical (unpaired) electrons. The first-order valence-corrected chi connectivity index (χ1v) is 5.41. The molecule has 2 aliphatic rings. The van der Waals surface area contributed by atoms with Crippen LogP contribution in [0, 0.1) is 0 Å². The summed E-state index contributed by atoms with van der Waals surface area (Å²) < 4.78 is 10.8. The molecule has 4 N–H and O–H groups in total. The van der Waals surface area contributed by atoms with Gasteiger partial charge in [-0.3, -0.25) is 0 Å². The number of methoxy groups -OCH3 is 1. The maximum atomic E-state index is 9.74. The molecule has 7 heteroatoms. The van der Waals surface area contributed by atoms with Gasteiger partial charge in [-0.1, -0.05) is 0 Å². The first-order valence-electron chi connectivity index (χ1n) is 5.41. The van der Waals surface area contributed by atoms with Crippen molar-refractivity contribution in [1.82, 2.24) is 4.90 Å². The Labute approximate surface area is 99.1 Å². The number of rotatable bonds is 3. The van der Waals surface area contributed by atoms with Gasteiger partial charge in [0.15, 0.2) is 5.79 Å². The van der Waals surface area contributed by atoms with E-state index in [1.165, 1.54) is 12.0 Å². The van der Waals surface area contributed by atoms with Crippen molar-refractivity contribution in [2.24, 2.45) is 10.7 Å². The molecule has 0 aromatic heterocycles. The van der Waals surface area contributed by atoms with Crippen LogP contribution in [0.15, 0.2) is 17.3 Å². The lowest BCUT2D eigenvalue weighted by molar-refractivity contribution is -0.255. The first kappa shape index (κ1) is 12.3. The minimum atomic E-state index is -1.06. The lowest BCUT2D eigenvalue weighted by Crippen LogP contribution is -2.44. The second-order valence-corrected chi connectivity index (χ2v) is 4.05. The summed E-state index contributed by atoms with van der Waals surface area (Å²) in [5.41, 5.74) is 5.46. The highest BCUT2D eigenvalue weighted by molar-refractivity contribution is 5.91. The topological polar surface area (TPSA) is 101 Å². The third-order valence-corrected chi connectivity index (χ3v) is 3.02. The summed E-state index contributed by atoms with van der Waals surface area (Å²) in [6.45, 7) is -0.223. The second-order valence-electron chi connectivity index (χ2n) is 4.05. The van der Waals surface area contributed by atoms with Gasteiger partial charge in [0.25, 0.3) is 0 Å². The number of hydrogen-bond donors (Lipinski definition) is 3. The second kappa shape index (κ2) is 4.61. The van der Waals surface area contributed by atoms with E-state index in [0.29, 0.717) is 12.8 Å². The largest absolute Gasteiger partial charge is 0.391 e. The molecular formula is C10H17N3O4. The predicted molar refractivity (Wildman–Crippen MR) is 59.5 cm³/mol. The van der Waals surface area contributed by atoms with Crippen LogP contribution < -0.4 is 5.73 Å². The quantitative estimate of drug-likeness (QED) is 0.583.